The van der Waals surface area contributed by atoms with Crippen LogP contribution in [0.5, 0.6) is 17.2 Å². The second-order valence-electron chi connectivity index (χ2n) is 10.8. The number of amides is 1. The van der Waals surface area contributed by atoms with Crippen LogP contribution >= 0.6 is 11.8 Å². The summed E-state index contributed by atoms with van der Waals surface area (Å²) in [6, 6.07) is 4.63. The molecular weight excluding hydrogens is 484 g/mol. The third-order valence-electron chi connectivity index (χ3n) is 7.32. The lowest BCUT2D eigenvalue weighted by atomic mass is 9.91. The molecule has 1 aromatic rings. The largest absolute Gasteiger partial charge is 0.493 e. The van der Waals surface area contributed by atoms with Gasteiger partial charge in [0.25, 0.3) is 5.91 Å². The number of allylic oxidation sites excluding steroid dienone is 3. The zero-order valence-corrected chi connectivity index (χ0v) is 23.9. The Balaban J connectivity index is 1.54. The van der Waals surface area contributed by atoms with Gasteiger partial charge in [0, 0.05) is 43.8 Å². The van der Waals surface area contributed by atoms with Gasteiger partial charge in [-0.25, -0.2) is 0 Å². The van der Waals surface area contributed by atoms with Crippen LogP contribution in [-0.2, 0) is 0 Å². The van der Waals surface area contributed by atoms with Gasteiger partial charge in [-0.05, 0) is 63.1 Å². The van der Waals surface area contributed by atoms with Crippen molar-refractivity contribution in [1.29, 1.82) is 0 Å². The summed E-state index contributed by atoms with van der Waals surface area (Å²) < 4.78 is 17.5. The number of hydrogen-bond donors (Lipinski definition) is 0. The molecule has 3 aliphatic rings. The fourth-order valence-electron chi connectivity index (χ4n) is 5.25. The molecule has 0 unspecified atom stereocenters. The normalized spacial score (nSPS) is 21.3. The van der Waals surface area contributed by atoms with E-state index < -0.39 is 5.79 Å². The number of fused-ring (bicyclic) bond motifs is 1. The average molecular weight is 527 g/mol. The fourth-order valence-corrected chi connectivity index (χ4v) is 6.03. The number of carbonyl (C=O) groups excluding carboxylic acids is 1. The van der Waals surface area contributed by atoms with Gasteiger partial charge in [0.05, 0.1) is 13.7 Å². The Morgan fingerprint density at radius 2 is 2.05 bits per heavy atom. The maximum Gasteiger partial charge on any atom is 0.254 e. The maximum atomic E-state index is 14.0. The summed E-state index contributed by atoms with van der Waals surface area (Å²) in [6.07, 6.45) is 12.4. The molecule has 37 heavy (non-hydrogen) atoms. The average Bonchev–Trinajstić information content (AvgIpc) is 3.40. The maximum absolute atomic E-state index is 14.0. The SMILES string of the molecule is C=C(CN(C[C@@H]1CCCN1C1CCC1)C(=O)c1cc(OC)c2c(c1)OC(C)(C)O2)SC/C(C)=C\C=C/C. The van der Waals surface area contributed by atoms with Crippen LogP contribution in [0.25, 0.3) is 0 Å². The second kappa shape index (κ2) is 12.0. The molecule has 0 N–H and O–H groups in total. The molecule has 202 valence electrons. The van der Waals surface area contributed by atoms with Gasteiger partial charge >= 0.3 is 0 Å². The van der Waals surface area contributed by atoms with E-state index in [0.717, 1.165) is 23.6 Å². The van der Waals surface area contributed by atoms with E-state index >= 15 is 0 Å². The van der Waals surface area contributed by atoms with Gasteiger partial charge in [0.1, 0.15) is 0 Å². The summed E-state index contributed by atoms with van der Waals surface area (Å²) >= 11 is 1.71. The Hall–Kier alpha value is -2.38. The van der Waals surface area contributed by atoms with Gasteiger partial charge in [-0.2, -0.15) is 0 Å². The highest BCUT2D eigenvalue weighted by Crippen LogP contribution is 2.47. The highest BCUT2D eigenvalue weighted by Gasteiger charge is 2.38. The lowest BCUT2D eigenvalue weighted by Gasteiger charge is -2.40. The molecule has 1 aromatic carbocycles. The van der Waals surface area contributed by atoms with Gasteiger partial charge in [0.2, 0.25) is 11.5 Å². The van der Waals surface area contributed by atoms with Gasteiger partial charge in [-0.3, -0.25) is 9.69 Å². The van der Waals surface area contributed by atoms with Crippen LogP contribution < -0.4 is 14.2 Å². The molecule has 4 rings (SSSR count). The van der Waals surface area contributed by atoms with Crippen molar-refractivity contribution in [3.63, 3.8) is 0 Å². The first-order chi connectivity index (χ1) is 17.7. The Labute approximate surface area is 226 Å². The van der Waals surface area contributed by atoms with Crippen LogP contribution in [0.4, 0.5) is 0 Å². The lowest BCUT2D eigenvalue weighted by Crippen LogP contribution is -2.49. The zero-order chi connectivity index (χ0) is 26.6. The number of likely N-dealkylation sites (tertiary alicyclic amines) is 1. The first kappa shape index (κ1) is 27.6. The predicted octanol–water partition coefficient (Wildman–Crippen LogP) is 6.43. The van der Waals surface area contributed by atoms with E-state index in [1.807, 2.05) is 31.7 Å². The smallest absolute Gasteiger partial charge is 0.254 e. The standard InChI is InChI=1S/C30H42N2O4S/c1-7-8-11-21(2)20-37-22(3)18-31(19-25-14-10-15-32(25)24-12-9-13-24)29(33)23-16-26(34-6)28-27(17-23)35-30(4,5)36-28/h7-8,11,16-17,24-25H,3,9-10,12-15,18-20H2,1-2,4-6H3/b8-7-,21-11-/t25-/m0/s1. The summed E-state index contributed by atoms with van der Waals surface area (Å²) in [4.78, 5) is 19.6. The van der Waals surface area contributed by atoms with Gasteiger partial charge in [0.15, 0.2) is 11.5 Å². The minimum Gasteiger partial charge on any atom is -0.493 e. The van der Waals surface area contributed by atoms with E-state index in [0.29, 0.717) is 48.0 Å². The molecule has 0 bridgehead atoms. The second-order valence-corrected chi connectivity index (χ2v) is 11.9. The predicted molar refractivity (Wildman–Crippen MR) is 152 cm³/mol. The molecule has 0 spiro atoms. The molecule has 1 amide bonds. The van der Waals surface area contributed by atoms with Crippen LogP contribution in [0.15, 0.2) is 47.4 Å². The van der Waals surface area contributed by atoms with Crippen LogP contribution in [-0.4, -0.2) is 66.1 Å². The number of hydrogen-bond acceptors (Lipinski definition) is 6. The zero-order valence-electron chi connectivity index (χ0n) is 23.0. The Kier molecular flexibility index (Phi) is 8.96. The van der Waals surface area contributed by atoms with Crippen LogP contribution in [0, 0.1) is 0 Å². The van der Waals surface area contributed by atoms with Crippen LogP contribution in [0.1, 0.15) is 70.2 Å². The molecule has 2 heterocycles. The minimum absolute atomic E-state index is 0.0298. The first-order valence-electron chi connectivity index (χ1n) is 13.4. The molecule has 1 aliphatic carbocycles. The van der Waals surface area contributed by atoms with Gasteiger partial charge in [-0.1, -0.05) is 36.8 Å². The molecule has 6 nitrogen and oxygen atoms in total. The van der Waals surface area contributed by atoms with Crippen molar-refractivity contribution in [2.75, 3.05) is 32.5 Å². The summed E-state index contributed by atoms with van der Waals surface area (Å²) in [5.41, 5.74) is 1.82. The third-order valence-corrected chi connectivity index (χ3v) is 8.46. The summed E-state index contributed by atoms with van der Waals surface area (Å²) in [5.74, 6) is 1.64. The number of methoxy groups -OCH3 is 1. The Morgan fingerprint density at radius 1 is 1.27 bits per heavy atom. The third kappa shape index (κ3) is 6.74. The first-order valence-corrected chi connectivity index (χ1v) is 14.4. The molecule has 2 aliphatic heterocycles. The van der Waals surface area contributed by atoms with Crippen molar-refractivity contribution >= 4 is 17.7 Å². The van der Waals surface area contributed by atoms with Crippen LogP contribution in [0.2, 0.25) is 0 Å². The van der Waals surface area contributed by atoms with E-state index in [-0.39, 0.29) is 5.91 Å². The monoisotopic (exact) mass is 526 g/mol. The fraction of sp³-hybridized carbons (Fsp3) is 0.567. The van der Waals surface area contributed by atoms with Gasteiger partial charge in [-0.15, -0.1) is 11.8 Å². The topological polar surface area (TPSA) is 51.2 Å². The molecule has 1 saturated heterocycles. The molecule has 7 heteroatoms. The highest BCUT2D eigenvalue weighted by atomic mass is 32.2. The molecule has 0 radical (unpaired) electrons. The van der Waals surface area contributed by atoms with E-state index in [2.05, 4.69) is 30.6 Å². The van der Waals surface area contributed by atoms with Crippen molar-refractivity contribution in [3.8, 4) is 17.2 Å². The van der Waals surface area contributed by atoms with Crippen molar-refractivity contribution in [2.24, 2.45) is 0 Å². The Bertz CT molecular complexity index is 1060. The van der Waals surface area contributed by atoms with E-state index in [1.54, 1.807) is 31.0 Å². The lowest BCUT2D eigenvalue weighted by molar-refractivity contribution is -0.0439. The Morgan fingerprint density at radius 3 is 2.73 bits per heavy atom. The van der Waals surface area contributed by atoms with Crippen molar-refractivity contribution < 1.29 is 19.0 Å². The number of benzene rings is 1. The number of rotatable bonds is 11. The highest BCUT2D eigenvalue weighted by molar-refractivity contribution is 8.03. The number of thioether (sulfide) groups is 1. The van der Waals surface area contributed by atoms with Crippen molar-refractivity contribution in [2.45, 2.75) is 77.7 Å². The number of nitrogens with zero attached hydrogens (tertiary/aromatic N) is 2. The summed E-state index contributed by atoms with van der Waals surface area (Å²) in [7, 11) is 1.59. The van der Waals surface area contributed by atoms with Crippen LogP contribution in [0.3, 0.4) is 0 Å². The quantitative estimate of drug-likeness (QED) is 0.310. The van der Waals surface area contributed by atoms with Crippen molar-refractivity contribution in [3.05, 3.63) is 53.0 Å². The molecule has 1 atom stereocenters. The summed E-state index contributed by atoms with van der Waals surface area (Å²) in [6.45, 7) is 14.5. The van der Waals surface area contributed by atoms with E-state index in [1.165, 1.54) is 31.3 Å². The molecular formula is C30H42N2O4S. The summed E-state index contributed by atoms with van der Waals surface area (Å²) in [5, 5.41) is 0. The number of ether oxygens (including phenoxy) is 3. The molecule has 2 fully saturated rings. The van der Waals surface area contributed by atoms with E-state index in [4.69, 9.17) is 14.2 Å². The van der Waals surface area contributed by atoms with Crippen molar-refractivity contribution in [1.82, 2.24) is 9.80 Å². The minimum atomic E-state index is -0.798. The number of carbonyl (C=O) groups is 1. The molecule has 0 aromatic heterocycles. The van der Waals surface area contributed by atoms with E-state index in [9.17, 15) is 4.79 Å². The van der Waals surface area contributed by atoms with Gasteiger partial charge < -0.3 is 19.1 Å². The molecule has 1 saturated carbocycles.